The van der Waals surface area contributed by atoms with E-state index in [0.717, 1.165) is 0 Å². The quantitative estimate of drug-likeness (QED) is 0.523. The first-order valence-electron chi connectivity index (χ1n) is 5.49. The third-order valence-electron chi connectivity index (χ3n) is 2.90. The SMILES string of the molecule is O=C(O)c1ccc2c(=O)c3cc(O)ccc3oc2c1.[NaH]. The van der Waals surface area contributed by atoms with Crippen LogP contribution in [0.3, 0.4) is 0 Å². The number of benzene rings is 2. The third-order valence-corrected chi connectivity index (χ3v) is 2.90. The normalized spacial score (nSPS) is 10.4. The molecule has 1 heterocycles. The molecule has 0 bridgehead atoms. The fourth-order valence-electron chi connectivity index (χ4n) is 1.98. The number of carbonyl (C=O) groups is 1. The molecule has 3 rings (SSSR count). The molecule has 0 fully saturated rings. The summed E-state index contributed by atoms with van der Waals surface area (Å²) in [4.78, 5) is 23.1. The van der Waals surface area contributed by atoms with Crippen molar-refractivity contribution in [1.29, 1.82) is 0 Å². The van der Waals surface area contributed by atoms with Gasteiger partial charge in [0.25, 0.3) is 0 Å². The van der Waals surface area contributed by atoms with Crippen molar-refractivity contribution in [3.05, 3.63) is 52.2 Å². The maximum absolute atomic E-state index is 12.2. The van der Waals surface area contributed by atoms with Crippen LogP contribution in [0.15, 0.2) is 45.6 Å². The average Bonchev–Trinajstić information content (AvgIpc) is 2.39. The average molecular weight is 280 g/mol. The van der Waals surface area contributed by atoms with E-state index in [1.165, 1.54) is 36.4 Å². The van der Waals surface area contributed by atoms with Gasteiger partial charge in [-0.15, -0.1) is 0 Å². The van der Waals surface area contributed by atoms with Crippen molar-refractivity contribution >= 4 is 57.5 Å². The fourth-order valence-corrected chi connectivity index (χ4v) is 1.98. The van der Waals surface area contributed by atoms with Crippen LogP contribution in [0.2, 0.25) is 0 Å². The summed E-state index contributed by atoms with van der Waals surface area (Å²) < 4.78 is 5.50. The molecule has 0 spiro atoms. The monoisotopic (exact) mass is 280 g/mol. The molecule has 0 unspecified atom stereocenters. The van der Waals surface area contributed by atoms with Crippen LogP contribution in [0, 0.1) is 0 Å². The van der Waals surface area contributed by atoms with Crippen molar-refractivity contribution in [2.24, 2.45) is 0 Å². The molecule has 2 aromatic carbocycles. The fraction of sp³-hybridized carbons (Fsp3) is 0. The van der Waals surface area contributed by atoms with E-state index in [-0.39, 0.29) is 62.7 Å². The number of aromatic carboxylic acids is 1. The number of rotatable bonds is 1. The zero-order chi connectivity index (χ0) is 13.6. The van der Waals surface area contributed by atoms with Crippen LogP contribution < -0.4 is 5.43 Å². The van der Waals surface area contributed by atoms with Crippen molar-refractivity contribution in [3.63, 3.8) is 0 Å². The zero-order valence-electron chi connectivity index (χ0n) is 9.58. The molecule has 96 valence electrons. The van der Waals surface area contributed by atoms with E-state index >= 15 is 0 Å². The first-order valence-corrected chi connectivity index (χ1v) is 5.49. The van der Waals surface area contributed by atoms with Gasteiger partial charge in [0.2, 0.25) is 5.43 Å². The van der Waals surface area contributed by atoms with E-state index in [9.17, 15) is 14.7 Å². The summed E-state index contributed by atoms with van der Waals surface area (Å²) in [5, 5.41) is 18.8. The van der Waals surface area contributed by atoms with Crippen LogP contribution in [0.4, 0.5) is 0 Å². The number of phenolic OH excluding ortho intramolecular Hbond substituents is 1. The molecular formula is C14H9NaO5. The van der Waals surface area contributed by atoms with Gasteiger partial charge in [-0.25, -0.2) is 4.79 Å². The summed E-state index contributed by atoms with van der Waals surface area (Å²) in [5.41, 5.74) is 0.263. The Bertz CT molecular complexity index is 882. The predicted octanol–water partition coefficient (Wildman–Crippen LogP) is 1.70. The minimum atomic E-state index is -1.09. The summed E-state index contributed by atoms with van der Waals surface area (Å²) in [6, 6.07) is 8.26. The number of phenols is 1. The van der Waals surface area contributed by atoms with Crippen LogP contribution in [0.1, 0.15) is 10.4 Å². The van der Waals surface area contributed by atoms with Gasteiger partial charge < -0.3 is 14.6 Å². The maximum atomic E-state index is 12.2. The molecule has 0 saturated heterocycles. The molecule has 0 aliphatic rings. The van der Waals surface area contributed by atoms with Crippen molar-refractivity contribution in [2.75, 3.05) is 0 Å². The molecule has 2 N–H and O–H groups in total. The summed E-state index contributed by atoms with van der Waals surface area (Å²) in [6.45, 7) is 0. The van der Waals surface area contributed by atoms with Gasteiger partial charge in [-0.3, -0.25) is 4.79 Å². The topological polar surface area (TPSA) is 87.7 Å². The Hall–Kier alpha value is -1.82. The van der Waals surface area contributed by atoms with Crippen molar-refractivity contribution in [1.82, 2.24) is 0 Å². The van der Waals surface area contributed by atoms with Crippen LogP contribution in [-0.2, 0) is 0 Å². The van der Waals surface area contributed by atoms with Gasteiger partial charge in [0.1, 0.15) is 16.9 Å². The van der Waals surface area contributed by atoms with Crippen LogP contribution in [0.5, 0.6) is 5.75 Å². The predicted molar refractivity (Wildman–Crippen MR) is 75.8 cm³/mol. The standard InChI is InChI=1S/C14H8O5.Na.H/c15-8-2-4-11-10(6-8)13(16)9-3-1-7(14(17)18)5-12(9)19-11;;/h1-6,15H,(H,17,18);;. The van der Waals surface area contributed by atoms with Gasteiger partial charge in [0, 0.05) is 0 Å². The Labute approximate surface area is 134 Å². The molecule has 3 aromatic rings. The molecule has 6 heteroatoms. The number of fused-ring (bicyclic) bond motifs is 2. The van der Waals surface area contributed by atoms with E-state index in [2.05, 4.69) is 0 Å². The summed E-state index contributed by atoms with van der Waals surface area (Å²) in [5.74, 6) is -1.11. The van der Waals surface area contributed by atoms with Crippen LogP contribution >= 0.6 is 0 Å². The van der Waals surface area contributed by atoms with Crippen LogP contribution in [-0.4, -0.2) is 45.7 Å². The molecule has 1 aromatic heterocycles. The second-order valence-electron chi connectivity index (χ2n) is 4.13. The first kappa shape index (κ1) is 14.6. The van der Waals surface area contributed by atoms with E-state index in [0.29, 0.717) is 5.58 Å². The summed E-state index contributed by atoms with van der Waals surface area (Å²) in [6.07, 6.45) is 0. The molecule has 0 aliphatic carbocycles. The zero-order valence-corrected chi connectivity index (χ0v) is 9.58. The van der Waals surface area contributed by atoms with Gasteiger partial charge in [-0.2, -0.15) is 0 Å². The Kier molecular flexibility index (Phi) is 3.85. The molecule has 0 aliphatic heterocycles. The first-order chi connectivity index (χ1) is 9.06. The minimum absolute atomic E-state index is 0. The van der Waals surface area contributed by atoms with Gasteiger partial charge >= 0.3 is 35.5 Å². The summed E-state index contributed by atoms with van der Waals surface area (Å²) >= 11 is 0. The molecular weight excluding hydrogens is 271 g/mol. The van der Waals surface area contributed by atoms with E-state index < -0.39 is 5.97 Å². The van der Waals surface area contributed by atoms with E-state index in [4.69, 9.17) is 9.52 Å². The molecule has 0 amide bonds. The third kappa shape index (κ3) is 2.31. The number of hydrogen-bond acceptors (Lipinski definition) is 4. The molecule has 20 heavy (non-hydrogen) atoms. The molecule has 0 radical (unpaired) electrons. The van der Waals surface area contributed by atoms with Gasteiger partial charge in [-0.1, -0.05) is 0 Å². The number of hydrogen-bond donors (Lipinski definition) is 2. The van der Waals surface area contributed by atoms with Crippen molar-refractivity contribution in [2.45, 2.75) is 0 Å². The number of carboxylic acids is 1. The number of aromatic hydroxyl groups is 1. The Morgan fingerprint density at radius 2 is 1.75 bits per heavy atom. The van der Waals surface area contributed by atoms with Gasteiger partial charge in [0.15, 0.2) is 0 Å². The second kappa shape index (κ2) is 5.28. The number of carboxylic acid groups (broad SMARTS) is 1. The summed E-state index contributed by atoms with van der Waals surface area (Å²) in [7, 11) is 0. The molecule has 0 atom stereocenters. The Morgan fingerprint density at radius 1 is 1.00 bits per heavy atom. The van der Waals surface area contributed by atoms with Crippen LogP contribution in [0.25, 0.3) is 21.9 Å². The Morgan fingerprint density at radius 3 is 2.45 bits per heavy atom. The Balaban J connectivity index is 0.00000147. The van der Waals surface area contributed by atoms with Gasteiger partial charge in [0.05, 0.1) is 16.3 Å². The second-order valence-corrected chi connectivity index (χ2v) is 4.13. The van der Waals surface area contributed by atoms with Crippen molar-refractivity contribution < 1.29 is 19.4 Å². The van der Waals surface area contributed by atoms with E-state index in [1.54, 1.807) is 0 Å². The van der Waals surface area contributed by atoms with Gasteiger partial charge in [-0.05, 0) is 36.4 Å². The molecule has 0 saturated carbocycles. The molecule has 5 nitrogen and oxygen atoms in total. The van der Waals surface area contributed by atoms with Crippen molar-refractivity contribution in [3.8, 4) is 5.75 Å². The van der Waals surface area contributed by atoms with E-state index in [1.807, 2.05) is 0 Å².